The number of nitrogens with two attached hydrogens (primary N) is 1. The molecule has 0 spiro atoms. The maximum absolute atomic E-state index is 9.88. The van der Waals surface area contributed by atoms with Gasteiger partial charge in [-0.2, -0.15) is 4.91 Å². The number of hydrogen-bond donors (Lipinski definition) is 2. The van der Waals surface area contributed by atoms with E-state index in [0.29, 0.717) is 13.0 Å². The summed E-state index contributed by atoms with van der Waals surface area (Å²) in [6, 6.07) is 0. The Bertz CT molecular complexity index is 93.7. The van der Waals surface area contributed by atoms with Crippen molar-refractivity contribution in [3.05, 3.63) is 4.91 Å². The van der Waals surface area contributed by atoms with E-state index in [1.807, 2.05) is 6.92 Å². The average molecular weight is 146 g/mol. The smallest absolute Gasteiger partial charge is 0.0901 e. The minimum Gasteiger partial charge on any atom is -0.396 e. The third-order valence-electron chi connectivity index (χ3n) is 1.92. The molecule has 0 radical (unpaired) electrons. The predicted octanol–water partition coefficient (Wildman–Crippen LogP) is 0.100. The molecule has 0 aromatic heterocycles. The van der Waals surface area contributed by atoms with E-state index in [9.17, 15) is 4.91 Å². The average Bonchev–Trinajstić information content (AvgIpc) is 2.01. The molecule has 0 saturated carbocycles. The Kier molecular flexibility index (Phi) is 4.14. The summed E-state index contributed by atoms with van der Waals surface area (Å²) in [6.45, 7) is 2.24. The summed E-state index contributed by atoms with van der Waals surface area (Å²) in [5.41, 5.74) is 4.89. The van der Waals surface area contributed by atoms with Crippen molar-refractivity contribution in [2.45, 2.75) is 13.3 Å². The second kappa shape index (κ2) is 4.35. The van der Waals surface area contributed by atoms with Gasteiger partial charge >= 0.3 is 0 Å². The maximum Gasteiger partial charge on any atom is 0.0901 e. The Morgan fingerprint density at radius 1 is 1.70 bits per heavy atom. The van der Waals surface area contributed by atoms with Gasteiger partial charge in [-0.05, 0) is 6.42 Å². The number of aliphatic hydroxyl groups excluding tert-OH is 1. The summed E-state index contributed by atoms with van der Waals surface area (Å²) in [6.07, 6.45) is 0.686. The van der Waals surface area contributed by atoms with Gasteiger partial charge in [0.15, 0.2) is 0 Å². The molecule has 0 aromatic carbocycles. The molecule has 0 fully saturated rings. The fraction of sp³-hybridized carbons (Fsp3) is 1.00. The molecule has 1 unspecified atom stereocenters. The highest BCUT2D eigenvalue weighted by atomic mass is 16.3. The van der Waals surface area contributed by atoms with E-state index in [1.54, 1.807) is 0 Å². The van der Waals surface area contributed by atoms with Gasteiger partial charge in [-0.1, -0.05) is 12.1 Å². The molecular weight excluding hydrogens is 132 g/mol. The van der Waals surface area contributed by atoms with Crippen molar-refractivity contribution in [3.8, 4) is 0 Å². The molecule has 4 nitrogen and oxygen atoms in total. The monoisotopic (exact) mass is 146 g/mol. The lowest BCUT2D eigenvalue weighted by molar-refractivity contribution is 0.135. The van der Waals surface area contributed by atoms with E-state index >= 15 is 0 Å². The number of hydrogen-bond acceptors (Lipinski definition) is 4. The zero-order chi connectivity index (χ0) is 8.04. The zero-order valence-electron chi connectivity index (χ0n) is 6.21. The van der Waals surface area contributed by atoms with Crippen LogP contribution < -0.4 is 5.73 Å². The van der Waals surface area contributed by atoms with Gasteiger partial charge in [-0.25, -0.2) is 0 Å². The van der Waals surface area contributed by atoms with E-state index in [0.717, 1.165) is 0 Å². The molecule has 0 bridgehead atoms. The van der Waals surface area contributed by atoms with Crippen LogP contribution in [-0.4, -0.2) is 24.8 Å². The van der Waals surface area contributed by atoms with Crippen LogP contribution in [0.1, 0.15) is 13.3 Å². The van der Waals surface area contributed by atoms with Gasteiger partial charge in [0, 0.05) is 12.0 Å². The molecule has 4 heteroatoms. The van der Waals surface area contributed by atoms with Crippen LogP contribution in [0.25, 0.3) is 0 Å². The van der Waals surface area contributed by atoms with Crippen molar-refractivity contribution in [2.75, 3.05) is 19.7 Å². The minimum absolute atomic E-state index is 0.0637. The van der Waals surface area contributed by atoms with Crippen molar-refractivity contribution in [3.63, 3.8) is 0 Å². The zero-order valence-corrected chi connectivity index (χ0v) is 6.21. The van der Waals surface area contributed by atoms with E-state index < -0.39 is 5.41 Å². The van der Waals surface area contributed by atoms with Gasteiger partial charge in [-0.15, -0.1) is 0 Å². The van der Waals surface area contributed by atoms with E-state index in [4.69, 9.17) is 10.8 Å². The van der Waals surface area contributed by atoms with Crippen LogP contribution in [-0.2, 0) is 0 Å². The van der Waals surface area contributed by atoms with Crippen molar-refractivity contribution >= 4 is 0 Å². The number of nitroso groups, excluding NO2 is 1. The molecule has 0 heterocycles. The van der Waals surface area contributed by atoms with Crippen LogP contribution in [0.2, 0.25) is 0 Å². The van der Waals surface area contributed by atoms with E-state index in [2.05, 4.69) is 5.18 Å². The van der Waals surface area contributed by atoms with Crippen LogP contribution in [0.4, 0.5) is 0 Å². The summed E-state index contributed by atoms with van der Waals surface area (Å²) >= 11 is 0. The second-order valence-corrected chi connectivity index (χ2v) is 2.50. The van der Waals surface area contributed by atoms with E-state index in [1.165, 1.54) is 0 Å². The Labute approximate surface area is 60.4 Å². The Hall–Kier alpha value is -0.480. The molecule has 0 amide bonds. The van der Waals surface area contributed by atoms with Gasteiger partial charge in [0.2, 0.25) is 0 Å². The highest BCUT2D eigenvalue weighted by Crippen LogP contribution is 2.19. The summed E-state index contributed by atoms with van der Waals surface area (Å²) in [5, 5.41) is 11.6. The molecule has 0 aromatic rings. The quantitative estimate of drug-likeness (QED) is 0.540. The number of nitrogens with zero attached hydrogens (tertiary/aromatic N) is 1. The number of rotatable bonds is 5. The van der Waals surface area contributed by atoms with Gasteiger partial charge in [-0.3, -0.25) is 0 Å². The fourth-order valence-electron chi connectivity index (χ4n) is 0.684. The first kappa shape index (κ1) is 9.52. The third kappa shape index (κ3) is 2.04. The first-order chi connectivity index (χ1) is 4.74. The summed E-state index contributed by atoms with van der Waals surface area (Å²) in [7, 11) is 0. The lowest BCUT2D eigenvalue weighted by Crippen LogP contribution is -2.36. The largest absolute Gasteiger partial charge is 0.396 e. The van der Waals surface area contributed by atoms with Gasteiger partial charge in [0.05, 0.1) is 13.2 Å². The number of aliphatic hydroxyl groups is 1. The summed E-state index contributed by atoms with van der Waals surface area (Å²) < 4.78 is 0. The predicted molar refractivity (Wildman–Crippen MR) is 39.5 cm³/mol. The van der Waals surface area contributed by atoms with Crippen LogP contribution >= 0.6 is 0 Å². The van der Waals surface area contributed by atoms with Crippen molar-refractivity contribution in [1.82, 2.24) is 0 Å². The van der Waals surface area contributed by atoms with Crippen LogP contribution in [0.3, 0.4) is 0 Å². The maximum atomic E-state index is 9.88. The molecule has 0 aliphatic heterocycles. The second-order valence-electron chi connectivity index (χ2n) is 2.50. The van der Waals surface area contributed by atoms with Crippen LogP contribution in [0.5, 0.6) is 0 Å². The Balaban J connectivity index is 4.00. The lowest BCUT2D eigenvalue weighted by atomic mass is 9.86. The first-order valence-electron chi connectivity index (χ1n) is 3.34. The molecule has 1 atom stereocenters. The molecule has 0 aliphatic carbocycles. The highest BCUT2D eigenvalue weighted by molar-refractivity contribution is 4.80. The molecule has 60 valence electrons. The lowest BCUT2D eigenvalue weighted by Gasteiger charge is -2.24. The molecule has 3 N–H and O–H groups in total. The molecule has 0 rings (SSSR count). The minimum atomic E-state index is -0.470. The normalized spacial score (nSPS) is 16.3. The van der Waals surface area contributed by atoms with Crippen molar-refractivity contribution < 1.29 is 5.11 Å². The van der Waals surface area contributed by atoms with Crippen LogP contribution in [0.15, 0.2) is 5.18 Å². The van der Waals surface area contributed by atoms with Gasteiger partial charge < -0.3 is 10.8 Å². The fourth-order valence-corrected chi connectivity index (χ4v) is 0.684. The van der Waals surface area contributed by atoms with E-state index in [-0.39, 0.29) is 13.2 Å². The molecule has 0 aliphatic rings. The third-order valence-corrected chi connectivity index (χ3v) is 1.92. The SMILES string of the molecule is CCC(CN)(CO)CN=O. The summed E-state index contributed by atoms with van der Waals surface area (Å²) in [5.74, 6) is 0. The van der Waals surface area contributed by atoms with Crippen LogP contribution in [0, 0.1) is 10.3 Å². The first-order valence-corrected chi connectivity index (χ1v) is 3.34. The standard InChI is InChI=1S/C6H14N2O2/c1-2-6(3-7,5-9)4-8-10/h9H,2-5,7H2,1H3. The summed E-state index contributed by atoms with van der Waals surface area (Å²) in [4.78, 5) is 9.88. The van der Waals surface area contributed by atoms with Crippen molar-refractivity contribution in [1.29, 1.82) is 0 Å². The molecule has 10 heavy (non-hydrogen) atoms. The topological polar surface area (TPSA) is 75.7 Å². The van der Waals surface area contributed by atoms with Gasteiger partial charge in [0.1, 0.15) is 0 Å². The Morgan fingerprint density at radius 2 is 2.30 bits per heavy atom. The van der Waals surface area contributed by atoms with Crippen molar-refractivity contribution in [2.24, 2.45) is 16.3 Å². The molecular formula is C6H14N2O2. The molecule has 0 saturated heterocycles. The van der Waals surface area contributed by atoms with Gasteiger partial charge in [0.25, 0.3) is 0 Å². The highest BCUT2D eigenvalue weighted by Gasteiger charge is 2.25. The Morgan fingerprint density at radius 3 is 2.40 bits per heavy atom.